The molecule has 184 valence electrons. The third-order valence-corrected chi connectivity index (χ3v) is 9.86. The van der Waals surface area contributed by atoms with Gasteiger partial charge in [-0.2, -0.15) is 0 Å². The van der Waals surface area contributed by atoms with Gasteiger partial charge >= 0.3 is 17.9 Å². The molecule has 4 saturated carbocycles. The number of fused-ring (bicyclic) bond motifs is 5. The molecule has 0 spiro atoms. The number of esters is 2. The number of carbonyl (C=O) groups is 4. The minimum absolute atomic E-state index is 0.0350. The minimum Gasteiger partial charge on any atom is -0.481 e. The van der Waals surface area contributed by atoms with Crippen LogP contribution in [0.15, 0.2) is 0 Å². The molecule has 4 fully saturated rings. The molecule has 0 aromatic carbocycles. The molecule has 0 unspecified atom stereocenters. The SMILES string of the molecule is COC(=O)[C@H]1CC[C@H]2[C@@H]3C(=O)C[C@@H]4C[C@H](OC(=O)CCC(=O)O)CC[C@]4(C)[C@H]3C[C@H](O)[C@]12C. The number of hydrogen-bond donors (Lipinski definition) is 2. The Balaban J connectivity index is 1.51. The Hall–Kier alpha value is -1.96. The van der Waals surface area contributed by atoms with Gasteiger partial charge in [0.1, 0.15) is 11.9 Å². The van der Waals surface area contributed by atoms with Crippen molar-refractivity contribution in [3.63, 3.8) is 0 Å². The summed E-state index contributed by atoms with van der Waals surface area (Å²) in [7, 11) is 1.38. The van der Waals surface area contributed by atoms with E-state index < -0.39 is 23.5 Å². The molecular formula is C25H36O8. The molecule has 0 aliphatic heterocycles. The lowest BCUT2D eigenvalue weighted by Gasteiger charge is -2.61. The number of carboxylic acid groups (broad SMARTS) is 1. The summed E-state index contributed by atoms with van der Waals surface area (Å²) in [5, 5.41) is 20.1. The third kappa shape index (κ3) is 3.88. The summed E-state index contributed by atoms with van der Waals surface area (Å²) in [6, 6.07) is 0. The molecule has 0 aromatic heterocycles. The smallest absolute Gasteiger partial charge is 0.309 e. The summed E-state index contributed by atoms with van der Waals surface area (Å²) in [6.07, 6.45) is 2.97. The van der Waals surface area contributed by atoms with E-state index >= 15 is 0 Å². The third-order valence-electron chi connectivity index (χ3n) is 9.86. The van der Waals surface area contributed by atoms with Crippen molar-refractivity contribution >= 4 is 23.7 Å². The van der Waals surface area contributed by atoms with E-state index in [4.69, 9.17) is 14.6 Å². The van der Waals surface area contributed by atoms with Gasteiger partial charge in [0.2, 0.25) is 0 Å². The van der Waals surface area contributed by atoms with E-state index in [0.29, 0.717) is 32.1 Å². The maximum atomic E-state index is 13.5. The van der Waals surface area contributed by atoms with Crippen molar-refractivity contribution in [1.82, 2.24) is 0 Å². The summed E-state index contributed by atoms with van der Waals surface area (Å²) < 4.78 is 10.6. The van der Waals surface area contributed by atoms with Crippen LogP contribution in [0.25, 0.3) is 0 Å². The summed E-state index contributed by atoms with van der Waals surface area (Å²) in [6.45, 7) is 4.18. The molecule has 4 aliphatic carbocycles. The Morgan fingerprint density at radius 3 is 2.45 bits per heavy atom. The van der Waals surface area contributed by atoms with E-state index in [0.717, 1.165) is 12.8 Å². The van der Waals surface area contributed by atoms with Crippen molar-refractivity contribution in [2.24, 2.45) is 40.4 Å². The fraction of sp³-hybridized carbons (Fsp3) is 0.840. The number of carbonyl (C=O) groups excluding carboxylic acids is 3. The summed E-state index contributed by atoms with van der Waals surface area (Å²) in [5.74, 6) is -2.11. The largest absolute Gasteiger partial charge is 0.481 e. The fourth-order valence-corrected chi connectivity index (χ4v) is 7.96. The van der Waals surface area contributed by atoms with Gasteiger partial charge in [0.05, 0.1) is 32.0 Å². The molecule has 8 nitrogen and oxygen atoms in total. The average molecular weight is 465 g/mol. The average Bonchev–Trinajstić information content (AvgIpc) is 3.12. The number of methoxy groups -OCH3 is 1. The molecule has 4 rings (SSSR count). The summed E-state index contributed by atoms with van der Waals surface area (Å²) in [5.41, 5.74) is -0.793. The molecule has 8 heteroatoms. The number of hydrogen-bond acceptors (Lipinski definition) is 7. The van der Waals surface area contributed by atoms with Crippen LogP contribution in [0.4, 0.5) is 0 Å². The van der Waals surface area contributed by atoms with Crippen LogP contribution in [-0.4, -0.2) is 53.2 Å². The van der Waals surface area contributed by atoms with Gasteiger partial charge in [-0.1, -0.05) is 13.8 Å². The second kappa shape index (κ2) is 8.67. The number of rotatable bonds is 5. The zero-order valence-corrected chi connectivity index (χ0v) is 19.7. The first kappa shape index (κ1) is 24.2. The van der Waals surface area contributed by atoms with Crippen molar-refractivity contribution in [1.29, 1.82) is 0 Å². The molecular weight excluding hydrogens is 428 g/mol. The normalized spacial score (nSPS) is 44.2. The zero-order valence-electron chi connectivity index (χ0n) is 19.7. The monoisotopic (exact) mass is 464 g/mol. The quantitative estimate of drug-likeness (QED) is 0.595. The second-order valence-corrected chi connectivity index (χ2v) is 11.2. The number of aliphatic carboxylic acids is 1. The number of aliphatic hydroxyl groups excluding tert-OH is 1. The number of ketones is 1. The zero-order chi connectivity index (χ0) is 24.1. The maximum absolute atomic E-state index is 13.5. The highest BCUT2D eigenvalue weighted by Crippen LogP contribution is 2.66. The van der Waals surface area contributed by atoms with Crippen molar-refractivity contribution < 1.29 is 38.9 Å². The molecule has 4 aliphatic rings. The molecule has 0 heterocycles. The minimum atomic E-state index is -1.03. The molecule has 33 heavy (non-hydrogen) atoms. The first-order valence-corrected chi connectivity index (χ1v) is 12.2. The van der Waals surface area contributed by atoms with E-state index in [9.17, 15) is 24.3 Å². The fourth-order valence-electron chi connectivity index (χ4n) is 7.96. The molecule has 9 atom stereocenters. The molecule has 0 aromatic rings. The van der Waals surface area contributed by atoms with Crippen molar-refractivity contribution in [2.45, 2.75) is 83.8 Å². The Kier molecular flexibility index (Phi) is 6.35. The molecule has 0 bridgehead atoms. The van der Waals surface area contributed by atoms with Crippen molar-refractivity contribution in [2.75, 3.05) is 7.11 Å². The summed E-state index contributed by atoms with van der Waals surface area (Å²) in [4.78, 5) is 48.7. The highest BCUT2D eigenvalue weighted by molar-refractivity contribution is 5.84. The predicted octanol–water partition coefficient (Wildman–Crippen LogP) is 2.74. The second-order valence-electron chi connectivity index (χ2n) is 11.2. The van der Waals surface area contributed by atoms with Crippen LogP contribution in [0, 0.1) is 40.4 Å². The van der Waals surface area contributed by atoms with Crippen LogP contribution in [0.3, 0.4) is 0 Å². The van der Waals surface area contributed by atoms with E-state index in [-0.39, 0.29) is 65.7 Å². The molecule has 0 amide bonds. The standard InChI is InChI=1S/C25H36O8/c1-24-9-8-14(33-21(30)7-6-20(28)29)10-13(24)11-18(26)22-15-4-5-16(23(31)32-3)25(15,2)19(27)12-17(22)24/h13-17,19,22,27H,4-12H2,1-3H3,(H,28,29)/t13-,14+,15-,16+,17-,19-,22-,24-,25-/m0/s1. The van der Waals surface area contributed by atoms with E-state index in [1.807, 2.05) is 6.92 Å². The Bertz CT molecular complexity index is 838. The van der Waals surface area contributed by atoms with Gasteiger partial charge < -0.3 is 19.7 Å². The lowest BCUT2D eigenvalue weighted by molar-refractivity contribution is -0.189. The number of ether oxygens (including phenoxy) is 2. The van der Waals surface area contributed by atoms with Gasteiger partial charge in [-0.25, -0.2) is 0 Å². The van der Waals surface area contributed by atoms with Gasteiger partial charge in [0.25, 0.3) is 0 Å². The predicted molar refractivity (Wildman–Crippen MR) is 116 cm³/mol. The number of Topliss-reactive ketones (excluding diaryl/α,β-unsaturated/α-hetero) is 1. The van der Waals surface area contributed by atoms with Crippen molar-refractivity contribution in [3.8, 4) is 0 Å². The molecule has 0 saturated heterocycles. The van der Waals surface area contributed by atoms with E-state index in [2.05, 4.69) is 6.92 Å². The first-order chi connectivity index (χ1) is 15.5. The highest BCUT2D eigenvalue weighted by atomic mass is 16.5. The Labute approximate surface area is 194 Å². The van der Waals surface area contributed by atoms with Crippen LogP contribution in [0.2, 0.25) is 0 Å². The van der Waals surface area contributed by atoms with Gasteiger partial charge in [-0.3, -0.25) is 19.2 Å². The lowest BCUT2D eigenvalue weighted by Crippen LogP contribution is -2.61. The first-order valence-electron chi connectivity index (χ1n) is 12.2. The lowest BCUT2D eigenvalue weighted by atomic mass is 9.43. The molecule has 0 radical (unpaired) electrons. The summed E-state index contributed by atoms with van der Waals surface area (Å²) >= 11 is 0. The van der Waals surface area contributed by atoms with Gasteiger partial charge in [0.15, 0.2) is 0 Å². The van der Waals surface area contributed by atoms with Crippen LogP contribution in [-0.2, 0) is 28.7 Å². The maximum Gasteiger partial charge on any atom is 0.309 e. The number of carboxylic acids is 1. The topological polar surface area (TPSA) is 127 Å². The molecule has 2 N–H and O–H groups in total. The van der Waals surface area contributed by atoms with Crippen molar-refractivity contribution in [3.05, 3.63) is 0 Å². The highest BCUT2D eigenvalue weighted by Gasteiger charge is 2.66. The Morgan fingerprint density at radius 1 is 1.06 bits per heavy atom. The van der Waals surface area contributed by atoms with Crippen LogP contribution in [0.5, 0.6) is 0 Å². The van der Waals surface area contributed by atoms with Crippen LogP contribution in [0.1, 0.15) is 71.6 Å². The number of aliphatic hydroxyl groups is 1. The van der Waals surface area contributed by atoms with E-state index in [1.54, 1.807) is 0 Å². The van der Waals surface area contributed by atoms with Gasteiger partial charge in [-0.15, -0.1) is 0 Å². The van der Waals surface area contributed by atoms with E-state index in [1.165, 1.54) is 7.11 Å². The van der Waals surface area contributed by atoms with Crippen LogP contribution >= 0.6 is 0 Å². The van der Waals surface area contributed by atoms with Gasteiger partial charge in [-0.05, 0) is 61.7 Å². The van der Waals surface area contributed by atoms with Crippen LogP contribution < -0.4 is 0 Å². The van der Waals surface area contributed by atoms with Gasteiger partial charge in [0, 0.05) is 17.8 Å². The Morgan fingerprint density at radius 2 is 1.79 bits per heavy atom.